The van der Waals surface area contributed by atoms with Gasteiger partial charge >= 0.3 is 0 Å². The number of fused-ring (bicyclic) bond motifs is 5. The molecule has 31 heavy (non-hydrogen) atoms. The van der Waals surface area contributed by atoms with Crippen molar-refractivity contribution in [2.24, 2.45) is 56.6 Å². The summed E-state index contributed by atoms with van der Waals surface area (Å²) in [6.07, 6.45) is 6.10. The molecule has 0 aromatic heterocycles. The average molecular weight is 423 g/mol. The summed E-state index contributed by atoms with van der Waals surface area (Å²) in [6.45, 7) is 11.9. The van der Waals surface area contributed by atoms with Crippen molar-refractivity contribution >= 4 is 17.2 Å². The number of hydrogen-bond donors (Lipinski definition) is 1. The number of aliphatic hydroxyl groups excluding tert-OH is 1. The number of benzene rings is 1. The number of azo groups is 1. The lowest BCUT2D eigenvalue weighted by atomic mass is 9.45. The molecule has 0 amide bonds. The molecule has 4 nitrogen and oxygen atoms in total. The van der Waals surface area contributed by atoms with E-state index < -0.39 is 0 Å². The first-order chi connectivity index (χ1) is 14.6. The average Bonchev–Trinajstić information content (AvgIpc) is 3.09. The van der Waals surface area contributed by atoms with E-state index in [1.165, 1.54) is 0 Å². The SMILES string of the molecule is C[C@@H]1CCC(O)[C@@]2(C)CC[C@H]3[C@H](C)CC(C(=O)c4ccc5cc4N=N5)[C@H](C[C@H]12)C3(C)C. The van der Waals surface area contributed by atoms with Crippen molar-refractivity contribution in [2.45, 2.75) is 79.2 Å². The minimum Gasteiger partial charge on any atom is -0.393 e. The zero-order valence-electron chi connectivity index (χ0n) is 19.8. The molecule has 1 heterocycles. The lowest BCUT2D eigenvalue weighted by Crippen LogP contribution is -2.55. The Morgan fingerprint density at radius 3 is 2.52 bits per heavy atom. The van der Waals surface area contributed by atoms with E-state index in [1.54, 1.807) is 0 Å². The largest absolute Gasteiger partial charge is 0.393 e. The Kier molecular flexibility index (Phi) is 4.97. The summed E-state index contributed by atoms with van der Waals surface area (Å²) in [6, 6.07) is 5.79. The second kappa shape index (κ2) is 7.23. The van der Waals surface area contributed by atoms with Gasteiger partial charge in [0.2, 0.25) is 0 Å². The van der Waals surface area contributed by atoms with Crippen molar-refractivity contribution in [3.05, 3.63) is 23.8 Å². The molecule has 4 aliphatic rings. The summed E-state index contributed by atoms with van der Waals surface area (Å²) >= 11 is 0. The summed E-state index contributed by atoms with van der Waals surface area (Å²) in [7, 11) is 0. The highest BCUT2D eigenvalue weighted by Gasteiger charge is 2.57. The van der Waals surface area contributed by atoms with Crippen molar-refractivity contribution in [1.82, 2.24) is 0 Å². The van der Waals surface area contributed by atoms with Gasteiger partial charge < -0.3 is 5.11 Å². The molecule has 168 valence electrons. The predicted molar refractivity (Wildman–Crippen MR) is 123 cm³/mol. The van der Waals surface area contributed by atoms with Crippen molar-refractivity contribution in [2.75, 3.05) is 0 Å². The molecule has 1 aromatic rings. The molecule has 2 unspecified atom stereocenters. The lowest BCUT2D eigenvalue weighted by Gasteiger charge is -2.59. The number of ketones is 1. The highest BCUT2D eigenvalue weighted by atomic mass is 16.3. The van der Waals surface area contributed by atoms with Crippen LogP contribution in [0.5, 0.6) is 0 Å². The Balaban J connectivity index is 1.55. The van der Waals surface area contributed by atoms with Gasteiger partial charge in [-0.15, -0.1) is 5.11 Å². The van der Waals surface area contributed by atoms with E-state index >= 15 is 0 Å². The van der Waals surface area contributed by atoms with Gasteiger partial charge in [-0.2, -0.15) is 5.11 Å². The summed E-state index contributed by atoms with van der Waals surface area (Å²) in [5.41, 5.74) is 2.42. The zero-order valence-corrected chi connectivity index (χ0v) is 19.8. The quantitative estimate of drug-likeness (QED) is 0.524. The Morgan fingerprint density at radius 2 is 1.74 bits per heavy atom. The summed E-state index contributed by atoms with van der Waals surface area (Å²) in [4.78, 5) is 14.0. The molecule has 3 fully saturated rings. The first-order valence-electron chi connectivity index (χ1n) is 12.4. The van der Waals surface area contributed by atoms with Crippen molar-refractivity contribution < 1.29 is 9.90 Å². The summed E-state index contributed by atoms with van der Waals surface area (Å²) < 4.78 is 0. The monoisotopic (exact) mass is 422 g/mol. The van der Waals surface area contributed by atoms with Crippen LogP contribution >= 0.6 is 0 Å². The second-order valence-corrected chi connectivity index (χ2v) is 12.1. The van der Waals surface area contributed by atoms with E-state index in [0.29, 0.717) is 29.6 Å². The zero-order chi connectivity index (χ0) is 22.1. The Morgan fingerprint density at radius 1 is 0.968 bits per heavy atom. The molecule has 0 radical (unpaired) electrons. The minimum absolute atomic E-state index is 0.0211. The van der Waals surface area contributed by atoms with Crippen LogP contribution in [0.4, 0.5) is 11.4 Å². The van der Waals surface area contributed by atoms with Gasteiger partial charge in [0.05, 0.1) is 17.5 Å². The van der Waals surface area contributed by atoms with Gasteiger partial charge in [-0.1, -0.05) is 34.6 Å². The molecule has 3 aliphatic carbocycles. The Bertz CT molecular complexity index is 922. The molecular weight excluding hydrogens is 384 g/mol. The van der Waals surface area contributed by atoms with Gasteiger partial charge in [-0.05, 0) is 97.1 Å². The first kappa shape index (κ1) is 21.3. The molecule has 1 aromatic carbocycles. The number of carbonyl (C=O) groups excluding carboxylic acids is 1. The number of hydrogen-bond acceptors (Lipinski definition) is 4. The third kappa shape index (κ3) is 3.15. The van der Waals surface area contributed by atoms with E-state index in [9.17, 15) is 9.90 Å². The topological polar surface area (TPSA) is 62.0 Å². The molecule has 1 aliphatic heterocycles. The molecule has 8 atom stereocenters. The maximum Gasteiger partial charge on any atom is 0.168 e. The summed E-state index contributed by atoms with van der Waals surface area (Å²) in [5.74, 6) is 2.80. The molecule has 0 spiro atoms. The number of carbonyl (C=O) groups is 1. The van der Waals surface area contributed by atoms with Crippen LogP contribution in [-0.4, -0.2) is 17.0 Å². The minimum atomic E-state index is -0.214. The highest BCUT2D eigenvalue weighted by Crippen LogP contribution is 2.62. The second-order valence-electron chi connectivity index (χ2n) is 12.1. The van der Waals surface area contributed by atoms with Gasteiger partial charge in [0.15, 0.2) is 5.78 Å². The van der Waals surface area contributed by atoms with E-state index in [0.717, 1.165) is 55.5 Å². The maximum absolute atomic E-state index is 14.0. The fourth-order valence-electron chi connectivity index (χ4n) is 8.30. The third-order valence-electron chi connectivity index (χ3n) is 10.3. The summed E-state index contributed by atoms with van der Waals surface area (Å²) in [5, 5.41) is 19.5. The molecule has 0 saturated heterocycles. The van der Waals surface area contributed by atoms with E-state index in [1.807, 2.05) is 18.2 Å². The lowest BCUT2D eigenvalue weighted by molar-refractivity contribution is -0.129. The van der Waals surface area contributed by atoms with Crippen LogP contribution in [0, 0.1) is 46.3 Å². The van der Waals surface area contributed by atoms with E-state index in [4.69, 9.17) is 0 Å². The maximum atomic E-state index is 14.0. The van der Waals surface area contributed by atoms with Gasteiger partial charge in [-0.25, -0.2) is 0 Å². The van der Waals surface area contributed by atoms with Crippen molar-refractivity contribution in [1.29, 1.82) is 0 Å². The number of rotatable bonds is 2. The van der Waals surface area contributed by atoms with Gasteiger partial charge in [0.25, 0.3) is 0 Å². The first-order valence-corrected chi connectivity index (χ1v) is 12.4. The molecule has 5 rings (SSSR count). The van der Waals surface area contributed by atoms with Gasteiger partial charge in [-0.3, -0.25) is 4.79 Å². The van der Waals surface area contributed by atoms with Gasteiger partial charge in [0.1, 0.15) is 0 Å². The molecule has 1 N–H and O–H groups in total. The third-order valence-corrected chi connectivity index (χ3v) is 10.3. The van der Waals surface area contributed by atoms with Crippen LogP contribution in [0.15, 0.2) is 28.4 Å². The van der Waals surface area contributed by atoms with Crippen LogP contribution in [0.2, 0.25) is 0 Å². The van der Waals surface area contributed by atoms with Crippen molar-refractivity contribution in [3.63, 3.8) is 0 Å². The van der Waals surface area contributed by atoms with E-state index in [2.05, 4.69) is 44.8 Å². The highest BCUT2D eigenvalue weighted by molar-refractivity contribution is 6.03. The molecule has 4 bridgehead atoms. The van der Waals surface area contributed by atoms with Crippen LogP contribution < -0.4 is 0 Å². The Labute approximate surface area is 186 Å². The predicted octanol–water partition coefficient (Wildman–Crippen LogP) is 7.11. The smallest absolute Gasteiger partial charge is 0.168 e. The van der Waals surface area contributed by atoms with Crippen LogP contribution in [0.3, 0.4) is 0 Å². The normalized spacial score (nSPS) is 43.1. The van der Waals surface area contributed by atoms with Crippen LogP contribution in [0.25, 0.3) is 0 Å². The Hall–Kier alpha value is -1.55. The standard InChI is InChI=1S/C27H38N2O2/c1-15-6-9-24(30)27(5)11-10-20-16(2)12-19(22(14-21(15)27)26(20,3)4)25(31)18-8-7-17-13-23(18)29-28-17/h7-8,13,15-16,19-22,24,30H,6,9-12,14H2,1-5H3/t15-,16-,19?,20+,21-,22+,24?,27+/m1/s1. The van der Waals surface area contributed by atoms with Gasteiger partial charge in [0, 0.05) is 11.5 Å². The van der Waals surface area contributed by atoms with E-state index in [-0.39, 0.29) is 28.6 Å². The fourth-order valence-corrected chi connectivity index (χ4v) is 8.30. The van der Waals surface area contributed by atoms with Crippen LogP contribution in [-0.2, 0) is 0 Å². The number of nitrogens with zero attached hydrogens (tertiary/aromatic N) is 2. The molecule has 3 saturated carbocycles. The van der Waals surface area contributed by atoms with Crippen LogP contribution in [0.1, 0.15) is 83.5 Å². The fraction of sp³-hybridized carbons (Fsp3) is 0.741. The molecular formula is C27H38N2O2. The number of aliphatic hydroxyl groups is 1. The number of Topliss-reactive ketones (excluding diaryl/α,β-unsaturated/α-hetero) is 1. The van der Waals surface area contributed by atoms with Crippen molar-refractivity contribution in [3.8, 4) is 0 Å². The molecule has 4 heteroatoms.